The number of benzene rings is 1. The van der Waals surface area contributed by atoms with E-state index in [1.54, 1.807) is 0 Å². The summed E-state index contributed by atoms with van der Waals surface area (Å²) >= 11 is 0. The minimum absolute atomic E-state index is 0.280. The highest BCUT2D eigenvalue weighted by atomic mass is 32.2. The van der Waals surface area contributed by atoms with Crippen LogP contribution in [0.25, 0.3) is 0 Å². The number of hydrogen-bond donors (Lipinski definition) is 0. The molecule has 0 heterocycles. The number of hydrogen-bond acceptors (Lipinski definition) is 4. The van der Waals surface area contributed by atoms with Gasteiger partial charge >= 0.3 is 0 Å². The summed E-state index contributed by atoms with van der Waals surface area (Å²) in [6.07, 6.45) is 0. The zero-order valence-corrected chi connectivity index (χ0v) is 13.5. The summed E-state index contributed by atoms with van der Waals surface area (Å²) in [4.78, 5) is 10.7. The molecule has 0 aromatic heterocycles. The highest BCUT2D eigenvalue weighted by Crippen LogP contribution is 2.33. The molecule has 1 amide bonds. The number of halogens is 4. The van der Waals surface area contributed by atoms with Crippen molar-refractivity contribution >= 4 is 15.9 Å². The molecule has 0 fully saturated rings. The number of methoxy groups -OCH3 is 1. The van der Waals surface area contributed by atoms with Gasteiger partial charge in [0.2, 0.25) is 27.6 Å². The molecule has 6 nitrogen and oxygen atoms in total. The normalized spacial score (nSPS) is 11.7. The average molecular weight is 358 g/mol. The number of ether oxygens (including phenoxy) is 1. The Morgan fingerprint density at radius 1 is 1.00 bits per heavy atom. The standard InChI is InChI=1S/C12H14F4N2O4S/c1-17(2)6(19)5-18(3)23(20,21)12-9(15)7(13)11(22-4)8(14)10(12)16/h5H2,1-4H3. The lowest BCUT2D eigenvalue weighted by molar-refractivity contribution is -0.128. The Hall–Kier alpha value is -1.88. The van der Waals surface area contributed by atoms with Crippen molar-refractivity contribution in [2.24, 2.45) is 0 Å². The smallest absolute Gasteiger partial charge is 0.249 e. The third-order valence-corrected chi connectivity index (χ3v) is 4.74. The second kappa shape index (κ2) is 6.71. The van der Waals surface area contributed by atoms with Crippen LogP contribution in [0.5, 0.6) is 5.75 Å². The van der Waals surface area contributed by atoms with Crippen LogP contribution in [0.2, 0.25) is 0 Å². The zero-order chi connectivity index (χ0) is 18.1. The lowest BCUT2D eigenvalue weighted by atomic mass is 10.3. The van der Waals surface area contributed by atoms with Gasteiger partial charge in [-0.25, -0.2) is 17.2 Å². The fourth-order valence-corrected chi connectivity index (χ4v) is 2.79. The van der Waals surface area contributed by atoms with E-state index < -0.39 is 56.4 Å². The van der Waals surface area contributed by atoms with Crippen LogP contribution in [0.15, 0.2) is 4.90 Å². The van der Waals surface area contributed by atoms with E-state index in [0.717, 1.165) is 19.1 Å². The van der Waals surface area contributed by atoms with Gasteiger partial charge in [-0.15, -0.1) is 0 Å². The summed E-state index contributed by atoms with van der Waals surface area (Å²) in [5.41, 5.74) is 0. The van der Waals surface area contributed by atoms with Gasteiger partial charge in [-0.2, -0.15) is 13.1 Å². The van der Waals surface area contributed by atoms with Crippen molar-refractivity contribution < 1.29 is 35.5 Å². The average Bonchev–Trinajstić information content (AvgIpc) is 2.45. The van der Waals surface area contributed by atoms with Gasteiger partial charge in [0.25, 0.3) is 0 Å². The summed E-state index contributed by atoms with van der Waals surface area (Å²) in [6.45, 7) is -0.774. The molecule has 23 heavy (non-hydrogen) atoms. The molecule has 0 N–H and O–H groups in total. The van der Waals surface area contributed by atoms with Gasteiger partial charge in [-0.05, 0) is 0 Å². The van der Waals surface area contributed by atoms with E-state index in [2.05, 4.69) is 4.74 Å². The van der Waals surface area contributed by atoms with Crippen LogP contribution < -0.4 is 4.74 Å². The first-order valence-electron chi connectivity index (χ1n) is 6.03. The molecule has 0 unspecified atom stereocenters. The topological polar surface area (TPSA) is 66.9 Å². The maximum Gasteiger partial charge on any atom is 0.249 e. The van der Waals surface area contributed by atoms with Gasteiger partial charge < -0.3 is 9.64 Å². The van der Waals surface area contributed by atoms with Gasteiger partial charge in [-0.3, -0.25) is 4.79 Å². The monoisotopic (exact) mass is 358 g/mol. The van der Waals surface area contributed by atoms with Crippen LogP contribution in [-0.2, 0) is 14.8 Å². The highest BCUT2D eigenvalue weighted by Gasteiger charge is 2.36. The number of carbonyl (C=O) groups is 1. The molecule has 0 radical (unpaired) electrons. The molecule has 0 aliphatic rings. The van der Waals surface area contributed by atoms with E-state index in [9.17, 15) is 30.8 Å². The number of rotatable bonds is 5. The van der Waals surface area contributed by atoms with E-state index >= 15 is 0 Å². The van der Waals surface area contributed by atoms with Crippen molar-refractivity contribution in [1.29, 1.82) is 0 Å². The third kappa shape index (κ3) is 3.39. The fourth-order valence-electron chi connectivity index (χ4n) is 1.57. The van der Waals surface area contributed by atoms with Crippen molar-refractivity contribution in [2.45, 2.75) is 4.90 Å². The van der Waals surface area contributed by atoms with E-state index in [1.165, 1.54) is 14.1 Å². The number of sulfonamides is 1. The van der Waals surface area contributed by atoms with E-state index in [4.69, 9.17) is 0 Å². The van der Waals surface area contributed by atoms with E-state index in [0.29, 0.717) is 0 Å². The molecular weight excluding hydrogens is 344 g/mol. The minimum Gasteiger partial charge on any atom is -0.491 e. The largest absolute Gasteiger partial charge is 0.491 e. The molecule has 130 valence electrons. The number of likely N-dealkylation sites (N-methyl/N-ethyl adjacent to an activating group) is 2. The molecule has 0 saturated heterocycles. The molecule has 0 spiro atoms. The maximum atomic E-state index is 13.9. The molecule has 1 rings (SSSR count). The summed E-state index contributed by atoms with van der Waals surface area (Å²) in [7, 11) is -0.735. The predicted octanol–water partition coefficient (Wildman–Crippen LogP) is 0.960. The van der Waals surface area contributed by atoms with Crippen LogP contribution >= 0.6 is 0 Å². The number of amides is 1. The molecule has 0 saturated carbocycles. The fraction of sp³-hybridized carbons (Fsp3) is 0.417. The van der Waals surface area contributed by atoms with Crippen molar-refractivity contribution in [3.8, 4) is 5.75 Å². The van der Waals surface area contributed by atoms with Crippen molar-refractivity contribution in [3.05, 3.63) is 23.3 Å². The summed E-state index contributed by atoms with van der Waals surface area (Å²) in [5.74, 6) is -10.3. The van der Waals surface area contributed by atoms with Crippen molar-refractivity contribution in [2.75, 3.05) is 34.8 Å². The second-order valence-corrected chi connectivity index (χ2v) is 6.65. The van der Waals surface area contributed by atoms with Gasteiger partial charge in [-0.1, -0.05) is 0 Å². The summed E-state index contributed by atoms with van der Waals surface area (Å²) in [6, 6.07) is 0. The third-order valence-electron chi connectivity index (χ3n) is 2.91. The molecule has 0 bridgehead atoms. The molecule has 0 aliphatic heterocycles. The van der Waals surface area contributed by atoms with Crippen LogP contribution in [0.3, 0.4) is 0 Å². The first kappa shape index (κ1) is 19.2. The lowest BCUT2D eigenvalue weighted by Gasteiger charge is -2.20. The lowest BCUT2D eigenvalue weighted by Crippen LogP contribution is -2.38. The second-order valence-electron chi connectivity index (χ2n) is 4.67. The molecular formula is C12H14F4N2O4S. The Balaban J connectivity index is 3.48. The number of carbonyl (C=O) groups excluding carboxylic acids is 1. The Morgan fingerprint density at radius 3 is 1.78 bits per heavy atom. The Morgan fingerprint density at radius 2 is 1.43 bits per heavy atom. The number of nitrogens with zero attached hydrogens (tertiary/aromatic N) is 2. The van der Waals surface area contributed by atoms with Crippen LogP contribution in [0, 0.1) is 23.3 Å². The summed E-state index contributed by atoms with van der Waals surface area (Å²) < 4.78 is 83.7. The Bertz CT molecular complexity index is 708. The molecule has 0 atom stereocenters. The SMILES string of the molecule is COc1c(F)c(F)c(S(=O)(=O)N(C)CC(=O)N(C)C)c(F)c1F. The van der Waals surface area contributed by atoms with Crippen LogP contribution in [-0.4, -0.2) is 58.3 Å². The van der Waals surface area contributed by atoms with E-state index in [-0.39, 0.29) is 4.31 Å². The Kier molecular flexibility index (Phi) is 5.59. The Labute approximate surface area is 130 Å². The first-order valence-corrected chi connectivity index (χ1v) is 7.47. The molecule has 0 aliphatic carbocycles. The molecule has 1 aromatic carbocycles. The predicted molar refractivity (Wildman–Crippen MR) is 71.3 cm³/mol. The van der Waals surface area contributed by atoms with Gasteiger partial charge in [0.15, 0.2) is 22.3 Å². The van der Waals surface area contributed by atoms with Crippen LogP contribution in [0.4, 0.5) is 17.6 Å². The first-order chi connectivity index (χ1) is 10.5. The zero-order valence-electron chi connectivity index (χ0n) is 12.7. The minimum atomic E-state index is -5.00. The van der Waals surface area contributed by atoms with Crippen LogP contribution in [0.1, 0.15) is 0 Å². The van der Waals surface area contributed by atoms with Gasteiger partial charge in [0.1, 0.15) is 0 Å². The van der Waals surface area contributed by atoms with Gasteiger partial charge in [0.05, 0.1) is 13.7 Å². The van der Waals surface area contributed by atoms with Crippen molar-refractivity contribution in [3.63, 3.8) is 0 Å². The maximum absolute atomic E-state index is 13.9. The van der Waals surface area contributed by atoms with Crippen molar-refractivity contribution in [1.82, 2.24) is 9.21 Å². The molecule has 11 heteroatoms. The molecule has 1 aromatic rings. The van der Waals surface area contributed by atoms with Gasteiger partial charge in [0, 0.05) is 21.1 Å². The quantitative estimate of drug-likeness (QED) is 0.581. The summed E-state index contributed by atoms with van der Waals surface area (Å²) in [5, 5.41) is 0. The van der Waals surface area contributed by atoms with E-state index in [1.807, 2.05) is 0 Å². The highest BCUT2D eigenvalue weighted by molar-refractivity contribution is 7.89.